The van der Waals surface area contributed by atoms with Gasteiger partial charge in [0.05, 0.1) is 7.05 Å². The summed E-state index contributed by atoms with van der Waals surface area (Å²) < 4.78 is 10.7. The van der Waals surface area contributed by atoms with Gasteiger partial charge in [0.15, 0.2) is 6.79 Å². The normalized spacial score (nSPS) is 12.4. The molecule has 136 valence electrons. The maximum absolute atomic E-state index is 5.66. The van der Waals surface area contributed by atoms with E-state index in [0.29, 0.717) is 0 Å². The summed E-state index contributed by atoms with van der Waals surface area (Å²) in [5.74, 6) is 0.808. The number of ether oxygens (including phenoxy) is 2. The van der Waals surface area contributed by atoms with Crippen LogP contribution in [0.4, 0.5) is 5.69 Å². The van der Waals surface area contributed by atoms with Gasteiger partial charge in [0, 0.05) is 27.7 Å². The van der Waals surface area contributed by atoms with Gasteiger partial charge in [0.2, 0.25) is 0 Å². The molecular formula is C23H22NO2S+. The number of hydrogen-bond acceptors (Lipinski definition) is 3. The molecule has 0 amide bonds. The van der Waals surface area contributed by atoms with Crippen LogP contribution in [0.1, 0.15) is 5.56 Å². The van der Waals surface area contributed by atoms with Crippen molar-refractivity contribution in [3.8, 4) is 16.9 Å². The van der Waals surface area contributed by atoms with Gasteiger partial charge in [-0.1, -0.05) is 48.7 Å². The first-order valence-corrected chi connectivity index (χ1v) is 9.69. The lowest BCUT2D eigenvalue weighted by molar-refractivity contribution is -0.539. The highest BCUT2D eigenvalue weighted by atomic mass is 32.2. The third-order valence-electron chi connectivity index (χ3n) is 4.69. The van der Waals surface area contributed by atoms with Crippen LogP contribution in [0.2, 0.25) is 0 Å². The minimum atomic E-state index is 0.241. The lowest BCUT2D eigenvalue weighted by atomic mass is 9.99. The number of fused-ring (bicyclic) bond motifs is 3. The van der Waals surface area contributed by atoms with E-state index in [0.717, 1.165) is 11.0 Å². The molecule has 0 aliphatic carbocycles. The van der Waals surface area contributed by atoms with Crippen LogP contribution in [-0.2, 0) is 4.74 Å². The fourth-order valence-corrected chi connectivity index (χ4v) is 4.70. The topological polar surface area (TPSA) is 35.1 Å². The van der Waals surface area contributed by atoms with Gasteiger partial charge in [0.1, 0.15) is 11.4 Å². The number of quaternary nitrogens is 1. The van der Waals surface area contributed by atoms with Crippen LogP contribution >= 0.6 is 11.8 Å². The van der Waals surface area contributed by atoms with Crippen LogP contribution in [0, 0.1) is 0 Å². The largest absolute Gasteiger partial charge is 0.468 e. The van der Waals surface area contributed by atoms with Gasteiger partial charge in [-0.2, -0.15) is 0 Å². The van der Waals surface area contributed by atoms with Crippen molar-refractivity contribution in [3.63, 3.8) is 0 Å². The standard InChI is InChI=1S/C23H21NO2S/c1-15-7-6-9-17-19-13-16(26-14-25-3)11-12-21(19)27-23(22(15)17)18-8-4-5-10-20(18)24-2/h4-13,24H,1,14H2,2-3H3/p+1. The zero-order valence-corrected chi connectivity index (χ0v) is 16.3. The van der Waals surface area contributed by atoms with Crippen LogP contribution in [-0.4, -0.2) is 21.0 Å². The third kappa shape index (κ3) is 3.28. The first kappa shape index (κ1) is 17.9. The van der Waals surface area contributed by atoms with E-state index in [1.807, 2.05) is 6.07 Å². The van der Waals surface area contributed by atoms with E-state index in [9.17, 15) is 0 Å². The minimum Gasteiger partial charge on any atom is -0.468 e. The maximum Gasteiger partial charge on any atom is 0.188 e. The molecule has 0 bridgehead atoms. The molecule has 0 unspecified atom stereocenters. The van der Waals surface area contributed by atoms with Crippen molar-refractivity contribution in [2.24, 2.45) is 0 Å². The van der Waals surface area contributed by atoms with Crippen molar-refractivity contribution in [2.45, 2.75) is 4.90 Å². The molecule has 3 aromatic rings. The van der Waals surface area contributed by atoms with Gasteiger partial charge in [0.25, 0.3) is 0 Å². The van der Waals surface area contributed by atoms with Crippen molar-refractivity contribution < 1.29 is 14.8 Å². The molecule has 0 radical (unpaired) electrons. The van der Waals surface area contributed by atoms with Crippen molar-refractivity contribution in [1.82, 2.24) is 0 Å². The Morgan fingerprint density at radius 3 is 2.59 bits per heavy atom. The molecule has 3 nitrogen and oxygen atoms in total. The number of benzene rings is 3. The number of rotatable bonds is 5. The van der Waals surface area contributed by atoms with E-state index in [-0.39, 0.29) is 6.79 Å². The fourth-order valence-electron chi connectivity index (χ4n) is 3.42. The molecule has 4 rings (SSSR count). The first-order valence-electron chi connectivity index (χ1n) is 8.88. The molecule has 3 aromatic carbocycles. The summed E-state index contributed by atoms with van der Waals surface area (Å²) in [5, 5.41) is 4.40. The average Bonchev–Trinajstić information content (AvgIpc) is 2.71. The summed E-state index contributed by atoms with van der Waals surface area (Å²) in [6.07, 6.45) is 0. The quantitative estimate of drug-likeness (QED) is 0.549. The number of nitrogens with two attached hydrogens (primary N) is 1. The highest BCUT2D eigenvalue weighted by Crippen LogP contribution is 2.43. The van der Waals surface area contributed by atoms with Crippen LogP contribution in [0.5, 0.6) is 5.75 Å². The Hall–Kier alpha value is -2.53. The van der Waals surface area contributed by atoms with E-state index in [1.165, 1.54) is 37.4 Å². The first-order chi connectivity index (χ1) is 13.2. The average molecular weight is 377 g/mol. The van der Waals surface area contributed by atoms with Crippen LogP contribution in [0.3, 0.4) is 0 Å². The van der Waals surface area contributed by atoms with E-state index in [2.05, 4.69) is 73.5 Å². The third-order valence-corrected chi connectivity index (χ3v) is 5.89. The Balaban J connectivity index is 1.98. The second-order valence-corrected chi connectivity index (χ2v) is 7.41. The Kier molecular flexibility index (Phi) is 5.03. The van der Waals surface area contributed by atoms with Crippen molar-refractivity contribution in [3.05, 3.63) is 76.7 Å². The van der Waals surface area contributed by atoms with Crippen molar-refractivity contribution >= 4 is 28.9 Å². The smallest absolute Gasteiger partial charge is 0.188 e. The molecule has 27 heavy (non-hydrogen) atoms. The molecule has 1 aliphatic heterocycles. The Morgan fingerprint density at radius 1 is 0.963 bits per heavy atom. The highest BCUT2D eigenvalue weighted by Gasteiger charge is 2.22. The van der Waals surface area contributed by atoms with Crippen molar-refractivity contribution in [1.29, 1.82) is 0 Å². The predicted octanol–water partition coefficient (Wildman–Crippen LogP) is 2.83. The van der Waals surface area contributed by atoms with Crippen molar-refractivity contribution in [2.75, 3.05) is 21.0 Å². The van der Waals surface area contributed by atoms with Gasteiger partial charge >= 0.3 is 0 Å². The molecule has 2 N–H and O–H groups in total. The monoisotopic (exact) mass is 376 g/mol. The molecule has 1 aliphatic rings. The Morgan fingerprint density at radius 2 is 1.78 bits per heavy atom. The molecule has 0 saturated carbocycles. The van der Waals surface area contributed by atoms with Gasteiger partial charge in [-0.3, -0.25) is 0 Å². The molecule has 1 heterocycles. The van der Waals surface area contributed by atoms with E-state index in [4.69, 9.17) is 9.47 Å². The van der Waals surface area contributed by atoms with Gasteiger partial charge in [-0.25, -0.2) is 0 Å². The molecule has 4 heteroatoms. The molecular weight excluding hydrogens is 354 g/mol. The molecule has 0 atom stereocenters. The molecule has 0 aromatic heterocycles. The summed E-state index contributed by atoms with van der Waals surface area (Å²) in [5.41, 5.74) is 4.85. The lowest BCUT2D eigenvalue weighted by Crippen LogP contribution is -2.73. The molecule has 0 spiro atoms. The van der Waals surface area contributed by atoms with Gasteiger partial charge in [-0.15, -0.1) is 0 Å². The SMILES string of the molecule is C=c1cccc2c1=C(c1ccccc1[NH2+]C)Sc1ccc(OCOC)cc1-2. The number of thioether (sulfide) groups is 1. The van der Waals surface area contributed by atoms with Crippen LogP contribution < -0.4 is 20.5 Å². The minimum absolute atomic E-state index is 0.241. The van der Waals surface area contributed by atoms with Crippen LogP contribution in [0.25, 0.3) is 22.6 Å². The summed E-state index contributed by atoms with van der Waals surface area (Å²) in [6.45, 7) is 4.56. The Bertz CT molecular complexity index is 1110. The molecule has 0 fully saturated rings. The van der Waals surface area contributed by atoms with Crippen LogP contribution in [0.15, 0.2) is 65.6 Å². The van der Waals surface area contributed by atoms with E-state index >= 15 is 0 Å². The second kappa shape index (κ2) is 7.61. The van der Waals surface area contributed by atoms with E-state index < -0.39 is 0 Å². The summed E-state index contributed by atoms with van der Waals surface area (Å²) in [6, 6.07) is 21.1. The zero-order chi connectivity index (χ0) is 18.8. The second-order valence-electron chi connectivity index (χ2n) is 6.36. The molecule has 0 saturated heterocycles. The predicted molar refractivity (Wildman–Crippen MR) is 111 cm³/mol. The lowest BCUT2D eigenvalue weighted by Gasteiger charge is -2.21. The number of para-hydroxylation sites is 1. The summed E-state index contributed by atoms with van der Waals surface area (Å²) in [4.78, 5) is 2.47. The zero-order valence-electron chi connectivity index (χ0n) is 15.5. The highest BCUT2D eigenvalue weighted by molar-refractivity contribution is 8.08. The Labute approximate surface area is 163 Å². The van der Waals surface area contributed by atoms with Gasteiger partial charge < -0.3 is 14.8 Å². The van der Waals surface area contributed by atoms with E-state index in [1.54, 1.807) is 18.9 Å². The summed E-state index contributed by atoms with van der Waals surface area (Å²) >= 11 is 1.80. The number of hydrogen-bond donors (Lipinski definition) is 1. The number of methoxy groups -OCH3 is 1. The summed E-state index contributed by atoms with van der Waals surface area (Å²) in [7, 11) is 3.71. The fraction of sp³-hybridized carbons (Fsp3) is 0.130. The van der Waals surface area contributed by atoms with Gasteiger partial charge in [-0.05, 0) is 46.7 Å². The maximum atomic E-state index is 5.66.